The number of ketones is 1. The Morgan fingerprint density at radius 3 is 2.52 bits per heavy atom. The maximum absolute atomic E-state index is 12.4. The molecule has 116 valence electrons. The summed E-state index contributed by atoms with van der Waals surface area (Å²) in [6, 6.07) is 14.2. The molecule has 0 amide bonds. The van der Waals surface area contributed by atoms with Gasteiger partial charge in [0.2, 0.25) is 5.91 Å². The smallest absolute Gasteiger partial charge is 0.407 e. The van der Waals surface area contributed by atoms with Gasteiger partial charge < -0.3 is 4.42 Å². The van der Waals surface area contributed by atoms with E-state index in [1.54, 1.807) is 12.1 Å². The Balaban J connectivity index is 1.90. The van der Waals surface area contributed by atoms with Crippen molar-refractivity contribution in [1.29, 1.82) is 0 Å². The lowest BCUT2D eigenvalue weighted by molar-refractivity contribution is 0.0899. The zero-order valence-corrected chi connectivity index (χ0v) is 12.6. The Morgan fingerprint density at radius 2 is 1.83 bits per heavy atom. The van der Waals surface area contributed by atoms with Crippen LogP contribution in [0.15, 0.2) is 57.7 Å². The molecule has 2 aromatic carbocycles. The number of rotatable bonds is 4. The van der Waals surface area contributed by atoms with Crippen LogP contribution in [-0.2, 0) is 6.42 Å². The molecule has 3 rings (SSSR count). The number of hydrogen-bond donors (Lipinski definition) is 0. The van der Waals surface area contributed by atoms with Crippen molar-refractivity contribution >= 4 is 22.8 Å². The molecule has 5 heteroatoms. The SMILES string of the molecule is CC(=O)c1ccc2c(c1)oc(=O)n2C(=O)CCc1ccccc1. The molecular weight excluding hydrogens is 294 g/mol. The number of carbonyl (C=O) groups is 2. The fraction of sp³-hybridized carbons (Fsp3) is 0.167. The van der Waals surface area contributed by atoms with Crippen LogP contribution in [0.5, 0.6) is 0 Å². The van der Waals surface area contributed by atoms with Gasteiger partial charge in [-0.05, 0) is 37.1 Å². The van der Waals surface area contributed by atoms with Crippen LogP contribution in [0.3, 0.4) is 0 Å². The molecule has 1 aromatic heterocycles. The average molecular weight is 309 g/mol. The molecule has 0 atom stereocenters. The molecule has 0 aliphatic carbocycles. The molecule has 5 nitrogen and oxygen atoms in total. The van der Waals surface area contributed by atoms with Crippen LogP contribution in [0, 0.1) is 0 Å². The third kappa shape index (κ3) is 2.99. The molecule has 0 radical (unpaired) electrons. The number of aromatic nitrogens is 1. The van der Waals surface area contributed by atoms with E-state index in [2.05, 4.69) is 0 Å². The monoisotopic (exact) mass is 309 g/mol. The summed E-state index contributed by atoms with van der Waals surface area (Å²) in [5.41, 5.74) is 2.10. The molecule has 0 fully saturated rings. The maximum Gasteiger partial charge on any atom is 0.426 e. The predicted octanol–water partition coefficient (Wildman–Crippen LogP) is 3.07. The molecule has 1 heterocycles. The summed E-state index contributed by atoms with van der Waals surface area (Å²) < 4.78 is 6.13. The molecule has 3 aromatic rings. The van der Waals surface area contributed by atoms with E-state index in [0.717, 1.165) is 10.1 Å². The van der Waals surface area contributed by atoms with Crippen LogP contribution in [0.2, 0.25) is 0 Å². The van der Waals surface area contributed by atoms with Gasteiger partial charge in [-0.3, -0.25) is 9.59 Å². The Hall–Kier alpha value is -2.95. The summed E-state index contributed by atoms with van der Waals surface area (Å²) in [5, 5.41) is 0. The Kier molecular flexibility index (Phi) is 3.93. The standard InChI is InChI=1S/C18H15NO4/c1-12(20)14-8-9-15-16(11-14)23-18(22)19(15)17(21)10-7-13-5-3-2-4-6-13/h2-6,8-9,11H,7,10H2,1H3. The van der Waals surface area contributed by atoms with Crippen LogP contribution < -0.4 is 5.76 Å². The van der Waals surface area contributed by atoms with Crippen molar-refractivity contribution in [1.82, 2.24) is 4.57 Å². The van der Waals surface area contributed by atoms with E-state index in [9.17, 15) is 14.4 Å². The number of oxazole rings is 1. The third-order valence-electron chi connectivity index (χ3n) is 3.71. The van der Waals surface area contributed by atoms with E-state index < -0.39 is 5.76 Å². The minimum absolute atomic E-state index is 0.127. The molecule has 0 N–H and O–H groups in total. The van der Waals surface area contributed by atoms with Gasteiger partial charge in [-0.25, -0.2) is 9.36 Å². The lowest BCUT2D eigenvalue weighted by Crippen LogP contribution is -2.22. The summed E-state index contributed by atoms with van der Waals surface area (Å²) in [6.07, 6.45) is 0.747. The molecule has 0 unspecified atom stereocenters. The van der Waals surface area contributed by atoms with Gasteiger partial charge in [0, 0.05) is 12.0 Å². The van der Waals surface area contributed by atoms with Gasteiger partial charge in [0.25, 0.3) is 0 Å². The van der Waals surface area contributed by atoms with Gasteiger partial charge in [-0.15, -0.1) is 0 Å². The highest BCUT2D eigenvalue weighted by Crippen LogP contribution is 2.16. The van der Waals surface area contributed by atoms with Crippen molar-refractivity contribution in [3.05, 3.63) is 70.2 Å². The predicted molar refractivity (Wildman–Crippen MR) is 85.9 cm³/mol. The number of nitrogens with zero attached hydrogens (tertiary/aromatic N) is 1. The summed E-state index contributed by atoms with van der Waals surface area (Å²) in [6.45, 7) is 1.43. The van der Waals surface area contributed by atoms with Crippen molar-refractivity contribution in [2.45, 2.75) is 19.8 Å². The van der Waals surface area contributed by atoms with E-state index in [4.69, 9.17) is 4.42 Å². The van der Waals surface area contributed by atoms with Gasteiger partial charge in [0.05, 0.1) is 5.52 Å². The van der Waals surface area contributed by atoms with Gasteiger partial charge >= 0.3 is 5.76 Å². The molecule has 0 saturated carbocycles. The largest absolute Gasteiger partial charge is 0.426 e. The van der Waals surface area contributed by atoms with Crippen molar-refractivity contribution < 1.29 is 14.0 Å². The van der Waals surface area contributed by atoms with E-state index in [0.29, 0.717) is 17.5 Å². The minimum Gasteiger partial charge on any atom is -0.407 e. The Bertz CT molecular complexity index is 935. The van der Waals surface area contributed by atoms with Gasteiger partial charge in [0.1, 0.15) is 0 Å². The lowest BCUT2D eigenvalue weighted by Gasteiger charge is -2.02. The molecule has 23 heavy (non-hydrogen) atoms. The first-order valence-corrected chi connectivity index (χ1v) is 7.30. The van der Waals surface area contributed by atoms with Gasteiger partial charge in [-0.2, -0.15) is 0 Å². The highest BCUT2D eigenvalue weighted by molar-refractivity contribution is 5.98. The Labute approximate surface area is 132 Å². The number of fused-ring (bicyclic) bond motifs is 1. The van der Waals surface area contributed by atoms with Crippen LogP contribution in [0.1, 0.15) is 34.1 Å². The number of Topliss-reactive ketones (excluding diaryl/α,β-unsaturated/α-hetero) is 1. The zero-order valence-electron chi connectivity index (χ0n) is 12.6. The molecular formula is C18H15NO4. The zero-order chi connectivity index (χ0) is 16.4. The summed E-state index contributed by atoms with van der Waals surface area (Å²) in [4.78, 5) is 35.7. The van der Waals surface area contributed by atoms with E-state index in [1.165, 1.54) is 13.0 Å². The average Bonchev–Trinajstić information content (AvgIpc) is 2.88. The molecule has 0 spiro atoms. The summed E-state index contributed by atoms with van der Waals surface area (Å²) in [7, 11) is 0. The van der Waals surface area contributed by atoms with E-state index in [1.807, 2.05) is 30.3 Å². The van der Waals surface area contributed by atoms with Gasteiger partial charge in [0.15, 0.2) is 11.4 Å². The second-order valence-electron chi connectivity index (χ2n) is 5.32. The molecule has 0 bridgehead atoms. The first kappa shape index (κ1) is 15.0. The number of hydrogen-bond acceptors (Lipinski definition) is 4. The maximum atomic E-state index is 12.4. The highest BCUT2D eigenvalue weighted by atomic mass is 16.4. The number of aryl methyl sites for hydroxylation is 1. The van der Waals surface area contributed by atoms with Crippen LogP contribution in [-0.4, -0.2) is 16.3 Å². The van der Waals surface area contributed by atoms with E-state index >= 15 is 0 Å². The second-order valence-corrected chi connectivity index (χ2v) is 5.32. The van der Waals surface area contributed by atoms with E-state index in [-0.39, 0.29) is 23.7 Å². The first-order chi connectivity index (χ1) is 11.1. The highest BCUT2D eigenvalue weighted by Gasteiger charge is 2.16. The summed E-state index contributed by atoms with van der Waals surface area (Å²) in [5.74, 6) is -1.18. The second kappa shape index (κ2) is 6.04. The van der Waals surface area contributed by atoms with Crippen molar-refractivity contribution in [3.8, 4) is 0 Å². The first-order valence-electron chi connectivity index (χ1n) is 7.30. The van der Waals surface area contributed by atoms with Crippen molar-refractivity contribution in [2.24, 2.45) is 0 Å². The number of carbonyl (C=O) groups excluding carboxylic acids is 2. The number of benzene rings is 2. The van der Waals surface area contributed by atoms with Crippen LogP contribution in [0.25, 0.3) is 11.1 Å². The minimum atomic E-state index is -0.723. The normalized spacial score (nSPS) is 10.8. The van der Waals surface area contributed by atoms with Gasteiger partial charge in [-0.1, -0.05) is 30.3 Å². The summed E-state index contributed by atoms with van der Waals surface area (Å²) >= 11 is 0. The topological polar surface area (TPSA) is 69.3 Å². The fourth-order valence-electron chi connectivity index (χ4n) is 2.48. The molecule has 0 saturated heterocycles. The molecule has 0 aliphatic heterocycles. The van der Waals surface area contributed by atoms with Crippen molar-refractivity contribution in [2.75, 3.05) is 0 Å². The van der Waals surface area contributed by atoms with Crippen LogP contribution >= 0.6 is 0 Å². The molecule has 0 aliphatic rings. The fourth-order valence-corrected chi connectivity index (χ4v) is 2.48. The quantitative estimate of drug-likeness (QED) is 0.694. The Morgan fingerprint density at radius 1 is 1.09 bits per heavy atom. The third-order valence-corrected chi connectivity index (χ3v) is 3.71. The van der Waals surface area contributed by atoms with Crippen molar-refractivity contribution in [3.63, 3.8) is 0 Å². The lowest BCUT2D eigenvalue weighted by atomic mass is 10.1. The van der Waals surface area contributed by atoms with Crippen LogP contribution in [0.4, 0.5) is 0 Å².